The lowest BCUT2D eigenvalue weighted by Crippen LogP contribution is -2.21. The SMILES string of the molecule is CCCCSC1(CCC)c2ccccc2-c2ccc(C)cc21. The Bertz CT molecular complexity index is 659. The number of unbranched alkanes of at least 4 members (excludes halogenated alkanes) is 1. The van der Waals surface area contributed by atoms with Crippen molar-refractivity contribution in [3.05, 3.63) is 59.2 Å². The van der Waals surface area contributed by atoms with Gasteiger partial charge in [0.05, 0.1) is 4.75 Å². The number of benzene rings is 2. The lowest BCUT2D eigenvalue weighted by atomic mass is 9.90. The van der Waals surface area contributed by atoms with Crippen LogP contribution in [0.15, 0.2) is 42.5 Å². The first kappa shape index (κ1) is 15.7. The van der Waals surface area contributed by atoms with Crippen LogP contribution in [0.1, 0.15) is 56.2 Å². The molecule has 0 bridgehead atoms. The molecule has 0 nitrogen and oxygen atoms in total. The third-order valence-electron chi connectivity index (χ3n) is 4.71. The summed E-state index contributed by atoms with van der Waals surface area (Å²) < 4.78 is 0.169. The molecule has 3 rings (SSSR count). The van der Waals surface area contributed by atoms with Gasteiger partial charge in [-0.25, -0.2) is 0 Å². The summed E-state index contributed by atoms with van der Waals surface area (Å²) in [5, 5.41) is 0. The average molecular weight is 311 g/mol. The smallest absolute Gasteiger partial charge is 0.0668 e. The highest BCUT2D eigenvalue weighted by atomic mass is 32.2. The molecule has 2 aromatic carbocycles. The van der Waals surface area contributed by atoms with Crippen molar-refractivity contribution in [1.82, 2.24) is 0 Å². The lowest BCUT2D eigenvalue weighted by Gasteiger charge is -2.31. The number of aryl methyl sites for hydroxylation is 1. The molecule has 1 heteroatoms. The fourth-order valence-electron chi connectivity index (χ4n) is 3.68. The molecule has 22 heavy (non-hydrogen) atoms. The van der Waals surface area contributed by atoms with Crippen LogP contribution in [0.2, 0.25) is 0 Å². The normalized spacial score (nSPS) is 19.0. The van der Waals surface area contributed by atoms with E-state index in [1.165, 1.54) is 48.1 Å². The van der Waals surface area contributed by atoms with Gasteiger partial charge in [-0.05, 0) is 47.8 Å². The van der Waals surface area contributed by atoms with Crippen molar-refractivity contribution in [1.29, 1.82) is 0 Å². The fraction of sp³-hybridized carbons (Fsp3) is 0.429. The summed E-state index contributed by atoms with van der Waals surface area (Å²) in [7, 11) is 0. The van der Waals surface area contributed by atoms with Crippen LogP contribution in [0.4, 0.5) is 0 Å². The Morgan fingerprint density at radius 3 is 2.45 bits per heavy atom. The van der Waals surface area contributed by atoms with Crippen molar-refractivity contribution in [2.24, 2.45) is 0 Å². The minimum absolute atomic E-state index is 0.169. The van der Waals surface area contributed by atoms with Gasteiger partial charge in [0.25, 0.3) is 0 Å². The lowest BCUT2D eigenvalue weighted by molar-refractivity contribution is 0.656. The molecule has 1 unspecified atom stereocenters. The van der Waals surface area contributed by atoms with Crippen LogP contribution in [0.25, 0.3) is 11.1 Å². The maximum atomic E-state index is 2.43. The molecule has 0 saturated heterocycles. The van der Waals surface area contributed by atoms with Gasteiger partial charge >= 0.3 is 0 Å². The molecular formula is C21H26S. The fourth-order valence-corrected chi connectivity index (χ4v) is 5.47. The summed E-state index contributed by atoms with van der Waals surface area (Å²) >= 11 is 2.17. The van der Waals surface area contributed by atoms with E-state index in [9.17, 15) is 0 Å². The van der Waals surface area contributed by atoms with Gasteiger partial charge < -0.3 is 0 Å². The maximum Gasteiger partial charge on any atom is 0.0668 e. The molecule has 0 amide bonds. The van der Waals surface area contributed by atoms with Crippen LogP contribution < -0.4 is 0 Å². The Morgan fingerprint density at radius 1 is 0.909 bits per heavy atom. The zero-order valence-corrected chi connectivity index (χ0v) is 14.8. The molecule has 1 aliphatic carbocycles. The van der Waals surface area contributed by atoms with Crippen molar-refractivity contribution in [2.45, 2.75) is 51.2 Å². The topological polar surface area (TPSA) is 0 Å². The quantitative estimate of drug-likeness (QED) is 0.545. The van der Waals surface area contributed by atoms with E-state index in [-0.39, 0.29) is 4.75 Å². The van der Waals surface area contributed by atoms with E-state index in [0.717, 1.165) is 0 Å². The van der Waals surface area contributed by atoms with Gasteiger partial charge in [-0.15, -0.1) is 11.8 Å². The van der Waals surface area contributed by atoms with Crippen molar-refractivity contribution in [2.75, 3.05) is 5.75 Å². The zero-order valence-electron chi connectivity index (χ0n) is 14.0. The van der Waals surface area contributed by atoms with Gasteiger partial charge in [0.2, 0.25) is 0 Å². The molecule has 0 spiro atoms. The summed E-state index contributed by atoms with van der Waals surface area (Å²) in [5.74, 6) is 1.25. The molecule has 0 heterocycles. The molecule has 0 aliphatic heterocycles. The van der Waals surface area contributed by atoms with Crippen molar-refractivity contribution < 1.29 is 0 Å². The summed E-state index contributed by atoms with van der Waals surface area (Å²) in [6.07, 6.45) is 5.03. The van der Waals surface area contributed by atoms with Crippen LogP contribution in [0.3, 0.4) is 0 Å². The minimum Gasteiger partial charge on any atom is -0.145 e. The Morgan fingerprint density at radius 2 is 1.68 bits per heavy atom. The van der Waals surface area contributed by atoms with Gasteiger partial charge in [-0.3, -0.25) is 0 Å². The van der Waals surface area contributed by atoms with Crippen molar-refractivity contribution in [3.8, 4) is 11.1 Å². The van der Waals surface area contributed by atoms with Gasteiger partial charge in [0, 0.05) is 0 Å². The van der Waals surface area contributed by atoms with E-state index in [0.29, 0.717) is 0 Å². The zero-order chi connectivity index (χ0) is 15.6. The first-order valence-corrected chi connectivity index (χ1v) is 9.56. The highest BCUT2D eigenvalue weighted by molar-refractivity contribution is 8.00. The Hall–Kier alpha value is -1.21. The second-order valence-electron chi connectivity index (χ2n) is 6.37. The Kier molecular flexibility index (Phi) is 4.63. The monoisotopic (exact) mass is 310 g/mol. The molecule has 1 atom stereocenters. The molecule has 1 aliphatic rings. The predicted octanol–water partition coefficient (Wildman–Crippen LogP) is 6.55. The number of hydrogen-bond donors (Lipinski definition) is 0. The van der Waals surface area contributed by atoms with Gasteiger partial charge in [0.1, 0.15) is 0 Å². The molecule has 0 N–H and O–H groups in total. The average Bonchev–Trinajstić information content (AvgIpc) is 2.79. The molecule has 0 radical (unpaired) electrons. The van der Waals surface area contributed by atoms with Crippen molar-refractivity contribution >= 4 is 11.8 Å². The van der Waals surface area contributed by atoms with E-state index in [2.05, 4.69) is 75.0 Å². The van der Waals surface area contributed by atoms with Crippen molar-refractivity contribution in [3.63, 3.8) is 0 Å². The largest absolute Gasteiger partial charge is 0.145 e. The molecular weight excluding hydrogens is 284 g/mol. The first-order chi connectivity index (χ1) is 10.7. The van der Waals surface area contributed by atoms with E-state index >= 15 is 0 Å². The maximum absolute atomic E-state index is 2.43. The summed E-state index contributed by atoms with van der Waals surface area (Å²) in [4.78, 5) is 0. The Balaban J connectivity index is 2.16. The number of fused-ring (bicyclic) bond motifs is 3. The number of thioether (sulfide) groups is 1. The molecule has 0 saturated carbocycles. The van der Waals surface area contributed by atoms with Gasteiger partial charge in [-0.1, -0.05) is 74.7 Å². The van der Waals surface area contributed by atoms with Crippen LogP contribution in [-0.4, -0.2) is 5.75 Å². The first-order valence-electron chi connectivity index (χ1n) is 8.58. The Labute approximate surface area is 139 Å². The van der Waals surface area contributed by atoms with E-state index in [1.807, 2.05) is 0 Å². The van der Waals surface area contributed by atoms with E-state index < -0.39 is 0 Å². The van der Waals surface area contributed by atoms with Crippen LogP contribution in [0, 0.1) is 6.92 Å². The van der Waals surface area contributed by atoms with E-state index in [1.54, 1.807) is 11.1 Å². The summed E-state index contributed by atoms with van der Waals surface area (Å²) in [6.45, 7) is 6.82. The molecule has 0 aromatic heterocycles. The summed E-state index contributed by atoms with van der Waals surface area (Å²) in [5.41, 5.74) is 7.38. The van der Waals surface area contributed by atoms with Crippen LogP contribution >= 0.6 is 11.8 Å². The van der Waals surface area contributed by atoms with Gasteiger partial charge in [-0.2, -0.15) is 0 Å². The highest BCUT2D eigenvalue weighted by Crippen LogP contribution is 2.57. The second-order valence-corrected chi connectivity index (χ2v) is 7.77. The minimum atomic E-state index is 0.169. The molecule has 0 fully saturated rings. The third-order valence-corrected chi connectivity index (χ3v) is 6.34. The van der Waals surface area contributed by atoms with Crippen LogP contribution in [-0.2, 0) is 4.75 Å². The van der Waals surface area contributed by atoms with Crippen LogP contribution in [0.5, 0.6) is 0 Å². The summed E-state index contributed by atoms with van der Waals surface area (Å²) in [6, 6.07) is 16.1. The second kappa shape index (κ2) is 6.50. The molecule has 2 aromatic rings. The number of hydrogen-bond acceptors (Lipinski definition) is 1. The van der Waals surface area contributed by atoms with E-state index in [4.69, 9.17) is 0 Å². The highest BCUT2D eigenvalue weighted by Gasteiger charge is 2.42. The standard InChI is InChI=1S/C21H26S/c1-4-6-14-22-21(13-5-2)19-10-8-7-9-17(19)18-12-11-16(3)15-20(18)21/h7-12,15H,4-6,13-14H2,1-3H3. The van der Waals surface area contributed by atoms with Gasteiger partial charge in [0.15, 0.2) is 0 Å². The molecule has 116 valence electrons. The third kappa shape index (κ3) is 2.50. The predicted molar refractivity (Wildman–Crippen MR) is 99.7 cm³/mol. The number of rotatable bonds is 6.